The molecule has 0 saturated carbocycles. The van der Waals surface area contributed by atoms with E-state index in [1.54, 1.807) is 31.2 Å². The van der Waals surface area contributed by atoms with Crippen LogP contribution in [0.5, 0.6) is 0 Å². The molecule has 2 aromatic rings. The summed E-state index contributed by atoms with van der Waals surface area (Å²) in [6.07, 6.45) is 0. The number of hydrogen-bond acceptors (Lipinski definition) is 5. The number of carbonyl (C=O) groups excluding carboxylic acids is 3. The first-order valence-corrected chi connectivity index (χ1v) is 8.62. The zero-order chi connectivity index (χ0) is 19.0. The van der Waals surface area contributed by atoms with E-state index in [9.17, 15) is 14.4 Å². The third-order valence-corrected chi connectivity index (χ3v) is 4.45. The Morgan fingerprint density at radius 3 is 2.19 bits per heavy atom. The van der Waals surface area contributed by atoms with Crippen LogP contribution in [0.3, 0.4) is 0 Å². The Kier molecular flexibility index (Phi) is 4.22. The van der Waals surface area contributed by atoms with Gasteiger partial charge in [-0.15, -0.1) is 0 Å². The van der Waals surface area contributed by atoms with E-state index in [2.05, 4.69) is 11.8 Å². The Balaban J connectivity index is 1.64. The summed E-state index contributed by atoms with van der Waals surface area (Å²) in [7, 11) is 0. The zero-order valence-corrected chi connectivity index (χ0v) is 14.6. The normalized spacial score (nSPS) is 22.7. The van der Waals surface area contributed by atoms with Crippen molar-refractivity contribution >= 4 is 17.8 Å². The number of hydrogen-bond donors (Lipinski definition) is 0. The molecule has 0 bridgehead atoms. The van der Waals surface area contributed by atoms with Gasteiger partial charge in [0.2, 0.25) is 0 Å². The number of rotatable bonds is 3. The maximum Gasteiger partial charge on any atom is 0.328 e. The second kappa shape index (κ2) is 6.71. The van der Waals surface area contributed by atoms with E-state index in [0.717, 1.165) is 10.6 Å². The fraction of sp³-hybridized carbons (Fsp3) is 0.190. The molecule has 134 valence electrons. The molecule has 2 amide bonds. The molecule has 0 N–H and O–H groups in total. The van der Waals surface area contributed by atoms with Crippen LogP contribution in [0.15, 0.2) is 54.6 Å². The molecule has 0 spiro atoms. The lowest BCUT2D eigenvalue weighted by Gasteiger charge is -2.15. The fourth-order valence-corrected chi connectivity index (χ4v) is 3.14. The Morgan fingerprint density at radius 1 is 1.00 bits per heavy atom. The molecule has 6 nitrogen and oxygen atoms in total. The molecule has 0 aromatic heterocycles. The van der Waals surface area contributed by atoms with E-state index in [-0.39, 0.29) is 6.61 Å². The predicted octanol–water partition coefficient (Wildman–Crippen LogP) is 1.87. The highest BCUT2D eigenvalue weighted by Gasteiger charge is 2.61. The number of esters is 1. The molecule has 2 aromatic carbocycles. The summed E-state index contributed by atoms with van der Waals surface area (Å²) in [6, 6.07) is 14.5. The van der Waals surface area contributed by atoms with Gasteiger partial charge in [0.1, 0.15) is 6.04 Å². The van der Waals surface area contributed by atoms with Crippen LogP contribution >= 0.6 is 0 Å². The van der Waals surface area contributed by atoms with Crippen LogP contribution < -0.4 is 0 Å². The molecule has 0 aliphatic carbocycles. The van der Waals surface area contributed by atoms with E-state index in [1.165, 1.54) is 5.01 Å². The molecule has 1 unspecified atom stereocenters. The van der Waals surface area contributed by atoms with E-state index in [1.807, 2.05) is 30.3 Å². The quantitative estimate of drug-likeness (QED) is 0.362. The summed E-state index contributed by atoms with van der Waals surface area (Å²) in [5, 5.41) is 2.41. The van der Waals surface area contributed by atoms with Crippen molar-refractivity contribution in [3.63, 3.8) is 0 Å². The Labute approximate surface area is 156 Å². The minimum Gasteiger partial charge on any atom is -0.465 e. The largest absolute Gasteiger partial charge is 0.465 e. The van der Waals surface area contributed by atoms with Crippen molar-refractivity contribution in [3.05, 3.63) is 71.3 Å². The number of ether oxygens (including phenoxy) is 1. The lowest BCUT2D eigenvalue weighted by Crippen LogP contribution is -2.38. The third-order valence-electron chi connectivity index (χ3n) is 4.45. The molecule has 0 radical (unpaired) electrons. The Hall–Kier alpha value is -3.43. The molecule has 2 heterocycles. The maximum atomic E-state index is 12.7. The van der Waals surface area contributed by atoms with E-state index in [0.29, 0.717) is 11.1 Å². The topological polar surface area (TPSA) is 66.7 Å². The van der Waals surface area contributed by atoms with Gasteiger partial charge in [-0.05, 0) is 31.2 Å². The van der Waals surface area contributed by atoms with Crippen molar-refractivity contribution in [2.45, 2.75) is 19.0 Å². The molecular weight excluding hydrogens is 344 g/mol. The molecule has 1 saturated heterocycles. The highest BCUT2D eigenvalue weighted by atomic mass is 16.5. The van der Waals surface area contributed by atoms with Gasteiger partial charge in [0, 0.05) is 5.56 Å². The van der Waals surface area contributed by atoms with Crippen LogP contribution in [0, 0.1) is 11.8 Å². The summed E-state index contributed by atoms with van der Waals surface area (Å²) in [4.78, 5) is 37.7. The lowest BCUT2D eigenvalue weighted by molar-refractivity contribution is -0.144. The standard InChI is InChI=1S/C21H16N2O4/c1-2-27-21(26)18-17(13-12-14-8-4-3-5-9-14)22(18)23-19(24)15-10-6-7-11-16(15)20(23)25/h3-11,17-18H,2H2,1H3/t17-,18-,22?/m1/s1. The van der Waals surface area contributed by atoms with Gasteiger partial charge in [0.15, 0.2) is 6.04 Å². The van der Waals surface area contributed by atoms with Crippen LogP contribution in [-0.2, 0) is 9.53 Å². The third kappa shape index (κ3) is 2.88. The van der Waals surface area contributed by atoms with E-state index >= 15 is 0 Å². The number of benzene rings is 2. The lowest BCUT2D eigenvalue weighted by atomic mass is 10.1. The van der Waals surface area contributed by atoms with Crippen molar-refractivity contribution < 1.29 is 19.1 Å². The monoisotopic (exact) mass is 360 g/mol. The van der Waals surface area contributed by atoms with Gasteiger partial charge in [-0.2, -0.15) is 10.0 Å². The van der Waals surface area contributed by atoms with Crippen molar-refractivity contribution in [2.75, 3.05) is 6.61 Å². The number of carbonyl (C=O) groups is 3. The van der Waals surface area contributed by atoms with Gasteiger partial charge < -0.3 is 4.74 Å². The Bertz CT molecular complexity index is 955. The first-order valence-electron chi connectivity index (χ1n) is 8.62. The molecule has 2 aliphatic heterocycles. The van der Waals surface area contributed by atoms with Crippen LogP contribution in [0.2, 0.25) is 0 Å². The molecule has 4 rings (SSSR count). The second-order valence-electron chi connectivity index (χ2n) is 6.12. The number of amides is 2. The van der Waals surface area contributed by atoms with Crippen molar-refractivity contribution in [1.29, 1.82) is 0 Å². The van der Waals surface area contributed by atoms with Gasteiger partial charge >= 0.3 is 5.97 Å². The highest BCUT2D eigenvalue weighted by Crippen LogP contribution is 2.36. The average molecular weight is 360 g/mol. The summed E-state index contributed by atoms with van der Waals surface area (Å²) in [6.45, 7) is 1.92. The number of hydrazine groups is 1. The van der Waals surface area contributed by atoms with Gasteiger partial charge in [-0.1, -0.05) is 42.2 Å². The van der Waals surface area contributed by atoms with Gasteiger partial charge in [-0.3, -0.25) is 14.4 Å². The SMILES string of the molecule is CCOC(=O)[C@H]1[C@@H](C#Cc2ccccc2)N1N1C(=O)c2ccccc2C1=O. The molecular formula is C21H16N2O4. The van der Waals surface area contributed by atoms with Crippen LogP contribution in [0.25, 0.3) is 0 Å². The summed E-state index contributed by atoms with van der Waals surface area (Å²) < 4.78 is 5.09. The predicted molar refractivity (Wildman–Crippen MR) is 96.3 cm³/mol. The smallest absolute Gasteiger partial charge is 0.328 e. The summed E-state index contributed by atoms with van der Waals surface area (Å²) in [5.41, 5.74) is 1.44. The Morgan fingerprint density at radius 2 is 1.59 bits per heavy atom. The first-order chi connectivity index (χ1) is 13.1. The molecule has 2 aliphatic rings. The van der Waals surface area contributed by atoms with Crippen molar-refractivity contribution in [1.82, 2.24) is 10.0 Å². The minimum absolute atomic E-state index is 0.212. The molecule has 6 heteroatoms. The summed E-state index contributed by atoms with van der Waals surface area (Å²) in [5.74, 6) is 4.58. The average Bonchev–Trinajstić information content (AvgIpc) is 3.34. The van der Waals surface area contributed by atoms with Crippen molar-refractivity contribution in [3.8, 4) is 11.8 Å². The highest BCUT2D eigenvalue weighted by molar-refractivity contribution is 6.21. The summed E-state index contributed by atoms with van der Waals surface area (Å²) >= 11 is 0. The van der Waals surface area contributed by atoms with Crippen molar-refractivity contribution in [2.24, 2.45) is 0 Å². The van der Waals surface area contributed by atoms with Crippen LogP contribution in [0.4, 0.5) is 0 Å². The van der Waals surface area contributed by atoms with Gasteiger partial charge in [-0.25, -0.2) is 0 Å². The number of imide groups is 1. The van der Waals surface area contributed by atoms with E-state index in [4.69, 9.17) is 4.74 Å². The van der Waals surface area contributed by atoms with Gasteiger partial charge in [0.05, 0.1) is 17.7 Å². The number of nitrogens with zero attached hydrogens (tertiary/aromatic N) is 2. The zero-order valence-electron chi connectivity index (χ0n) is 14.6. The minimum atomic E-state index is -0.775. The first kappa shape index (κ1) is 17.0. The number of fused-ring (bicyclic) bond motifs is 1. The molecule has 3 atom stereocenters. The van der Waals surface area contributed by atoms with Crippen LogP contribution in [0.1, 0.15) is 33.2 Å². The second-order valence-corrected chi connectivity index (χ2v) is 6.12. The fourth-order valence-electron chi connectivity index (χ4n) is 3.14. The van der Waals surface area contributed by atoms with E-state index < -0.39 is 29.9 Å². The van der Waals surface area contributed by atoms with Gasteiger partial charge in [0.25, 0.3) is 11.8 Å². The van der Waals surface area contributed by atoms with Crippen LogP contribution in [-0.4, -0.2) is 46.5 Å². The maximum absolute atomic E-state index is 12.7. The molecule has 27 heavy (non-hydrogen) atoms. The molecule has 1 fully saturated rings.